The molecule has 0 aliphatic carbocycles. The molecule has 1 atom stereocenters. The van der Waals surface area contributed by atoms with Gasteiger partial charge in [-0.3, -0.25) is 0 Å². The van der Waals surface area contributed by atoms with E-state index in [9.17, 15) is 5.11 Å². The third kappa shape index (κ3) is 14.8. The fraction of sp³-hybridized carbons (Fsp3) is 1.00. The maximum atomic E-state index is 9.85. The first-order valence-electron chi connectivity index (χ1n) is 9.95. The van der Waals surface area contributed by atoms with Crippen LogP contribution in [0.1, 0.15) is 117 Å². The van der Waals surface area contributed by atoms with Gasteiger partial charge >= 0.3 is 0 Å². The zero-order chi connectivity index (χ0) is 16.7. The molecule has 0 aromatic carbocycles. The molecule has 0 saturated heterocycles. The number of nitrogens with two attached hydrogens (primary N) is 1. The zero-order valence-corrected chi connectivity index (χ0v) is 15.7. The van der Waals surface area contributed by atoms with E-state index in [0.29, 0.717) is 0 Å². The Morgan fingerprint density at radius 3 is 1.32 bits per heavy atom. The van der Waals surface area contributed by atoms with E-state index in [1.165, 1.54) is 83.5 Å². The molecular weight excluding hydrogens is 270 g/mol. The predicted octanol–water partition coefficient (Wildman–Crippen LogP) is 5.96. The summed E-state index contributed by atoms with van der Waals surface area (Å²) in [4.78, 5) is 0. The summed E-state index contributed by atoms with van der Waals surface area (Å²) in [5.41, 5.74) is 5.44. The van der Waals surface area contributed by atoms with Gasteiger partial charge < -0.3 is 10.8 Å². The van der Waals surface area contributed by atoms with E-state index in [2.05, 4.69) is 6.92 Å². The molecule has 1 unspecified atom stereocenters. The van der Waals surface area contributed by atoms with Crippen molar-refractivity contribution in [2.75, 3.05) is 0 Å². The second-order valence-corrected chi connectivity index (χ2v) is 7.72. The number of rotatable bonds is 16. The van der Waals surface area contributed by atoms with Gasteiger partial charge in [0.05, 0.1) is 6.10 Å². The number of hydrogen-bond donors (Lipinski definition) is 2. The van der Waals surface area contributed by atoms with Crippen LogP contribution < -0.4 is 5.73 Å². The first-order chi connectivity index (χ1) is 10.5. The topological polar surface area (TPSA) is 46.2 Å². The number of aliphatic hydroxyl groups excluding tert-OH is 1. The maximum absolute atomic E-state index is 9.85. The summed E-state index contributed by atoms with van der Waals surface area (Å²) in [5.74, 6) is 0. The van der Waals surface area contributed by atoms with Crippen LogP contribution in [0.3, 0.4) is 0 Å². The minimum absolute atomic E-state index is 0.357. The van der Waals surface area contributed by atoms with E-state index in [1.54, 1.807) is 0 Å². The molecule has 0 heterocycles. The van der Waals surface area contributed by atoms with Gasteiger partial charge in [-0.15, -0.1) is 0 Å². The summed E-state index contributed by atoms with van der Waals surface area (Å²) in [6.45, 7) is 6.09. The van der Waals surface area contributed by atoms with Crippen molar-refractivity contribution in [3.05, 3.63) is 0 Å². The van der Waals surface area contributed by atoms with E-state index < -0.39 is 5.54 Å². The van der Waals surface area contributed by atoms with Crippen LogP contribution in [0.25, 0.3) is 0 Å². The van der Waals surface area contributed by atoms with Crippen LogP contribution in [0.5, 0.6) is 0 Å². The van der Waals surface area contributed by atoms with Crippen LogP contribution in [0.2, 0.25) is 0 Å². The van der Waals surface area contributed by atoms with Gasteiger partial charge in [0.1, 0.15) is 0 Å². The zero-order valence-electron chi connectivity index (χ0n) is 15.7. The smallest absolute Gasteiger partial charge is 0.0714 e. The minimum atomic E-state index is -0.448. The SMILES string of the molecule is CCCCCCCCCCCCCCCCC(O)C(C)(C)N. The largest absolute Gasteiger partial charge is 0.391 e. The Hall–Kier alpha value is -0.0800. The first kappa shape index (κ1) is 21.9. The molecule has 0 aliphatic heterocycles. The summed E-state index contributed by atoms with van der Waals surface area (Å²) >= 11 is 0. The van der Waals surface area contributed by atoms with Gasteiger partial charge in [-0.1, -0.05) is 96.8 Å². The maximum Gasteiger partial charge on any atom is 0.0714 e. The Labute approximate surface area is 140 Å². The second-order valence-electron chi connectivity index (χ2n) is 7.72. The molecule has 0 saturated carbocycles. The van der Waals surface area contributed by atoms with Gasteiger partial charge in [0.2, 0.25) is 0 Å². The Kier molecular flexibility index (Phi) is 14.5. The van der Waals surface area contributed by atoms with Crippen molar-refractivity contribution >= 4 is 0 Å². The molecular formula is C20H43NO. The van der Waals surface area contributed by atoms with E-state index in [0.717, 1.165) is 12.8 Å². The quantitative estimate of drug-likeness (QED) is 0.345. The molecule has 22 heavy (non-hydrogen) atoms. The third-order valence-electron chi connectivity index (χ3n) is 4.69. The molecule has 0 aromatic heterocycles. The average Bonchev–Trinajstić information content (AvgIpc) is 2.46. The van der Waals surface area contributed by atoms with Crippen LogP contribution in [-0.2, 0) is 0 Å². The molecule has 0 fully saturated rings. The van der Waals surface area contributed by atoms with Gasteiger partial charge in [0.25, 0.3) is 0 Å². The first-order valence-corrected chi connectivity index (χ1v) is 9.95. The highest BCUT2D eigenvalue weighted by molar-refractivity contribution is 4.81. The van der Waals surface area contributed by atoms with Crippen molar-refractivity contribution in [3.8, 4) is 0 Å². The Morgan fingerprint density at radius 1 is 0.682 bits per heavy atom. The highest BCUT2D eigenvalue weighted by Crippen LogP contribution is 2.16. The standard InChI is InChI=1S/C20H43NO/c1-4-5-6-7-8-9-10-11-12-13-14-15-16-17-18-19(22)20(2,3)21/h19,22H,4-18,21H2,1-3H3. The number of hydrogen-bond acceptors (Lipinski definition) is 2. The Morgan fingerprint density at radius 2 is 1.00 bits per heavy atom. The highest BCUT2D eigenvalue weighted by Gasteiger charge is 2.21. The van der Waals surface area contributed by atoms with Crippen molar-refractivity contribution in [1.29, 1.82) is 0 Å². The lowest BCUT2D eigenvalue weighted by Gasteiger charge is -2.25. The summed E-state index contributed by atoms with van der Waals surface area (Å²) in [5, 5.41) is 9.85. The van der Waals surface area contributed by atoms with Crippen molar-refractivity contribution in [2.45, 2.75) is 129 Å². The predicted molar refractivity (Wildman–Crippen MR) is 99.2 cm³/mol. The second kappa shape index (κ2) is 14.5. The number of aliphatic hydroxyl groups is 1. The lowest BCUT2D eigenvalue weighted by molar-refractivity contribution is 0.0925. The van der Waals surface area contributed by atoms with Crippen LogP contribution in [0, 0.1) is 0 Å². The molecule has 3 N–H and O–H groups in total. The summed E-state index contributed by atoms with van der Waals surface area (Å²) < 4.78 is 0. The van der Waals surface area contributed by atoms with Crippen molar-refractivity contribution < 1.29 is 5.11 Å². The van der Waals surface area contributed by atoms with E-state index >= 15 is 0 Å². The lowest BCUT2D eigenvalue weighted by Crippen LogP contribution is -2.44. The van der Waals surface area contributed by atoms with Crippen molar-refractivity contribution in [2.24, 2.45) is 5.73 Å². The highest BCUT2D eigenvalue weighted by atomic mass is 16.3. The normalized spacial score (nSPS) is 13.5. The third-order valence-corrected chi connectivity index (χ3v) is 4.69. The van der Waals surface area contributed by atoms with E-state index in [1.807, 2.05) is 13.8 Å². The van der Waals surface area contributed by atoms with Gasteiger partial charge in [-0.05, 0) is 20.3 Å². The molecule has 2 nitrogen and oxygen atoms in total. The van der Waals surface area contributed by atoms with Crippen LogP contribution in [-0.4, -0.2) is 16.7 Å². The van der Waals surface area contributed by atoms with Crippen LogP contribution >= 0.6 is 0 Å². The Balaban J connectivity index is 3.12. The molecule has 0 aliphatic rings. The van der Waals surface area contributed by atoms with Gasteiger partial charge in [0, 0.05) is 5.54 Å². The Bertz CT molecular complexity index is 222. The van der Waals surface area contributed by atoms with Crippen LogP contribution in [0.15, 0.2) is 0 Å². The molecule has 2 heteroatoms. The molecule has 0 amide bonds. The average molecular weight is 314 g/mol. The molecule has 134 valence electrons. The monoisotopic (exact) mass is 313 g/mol. The van der Waals surface area contributed by atoms with Gasteiger partial charge in [-0.25, -0.2) is 0 Å². The van der Waals surface area contributed by atoms with E-state index in [-0.39, 0.29) is 6.10 Å². The van der Waals surface area contributed by atoms with Crippen LogP contribution in [0.4, 0.5) is 0 Å². The lowest BCUT2D eigenvalue weighted by atomic mass is 9.94. The summed E-state index contributed by atoms with van der Waals surface area (Å²) in [7, 11) is 0. The summed E-state index contributed by atoms with van der Waals surface area (Å²) in [6.07, 6.45) is 19.7. The molecule has 0 radical (unpaired) electrons. The van der Waals surface area contributed by atoms with E-state index in [4.69, 9.17) is 5.73 Å². The fourth-order valence-electron chi connectivity index (χ4n) is 2.90. The summed E-state index contributed by atoms with van der Waals surface area (Å²) in [6, 6.07) is 0. The molecule has 0 aromatic rings. The molecule has 0 bridgehead atoms. The number of unbranched alkanes of at least 4 members (excludes halogenated alkanes) is 13. The fourth-order valence-corrected chi connectivity index (χ4v) is 2.90. The van der Waals surface area contributed by atoms with Gasteiger partial charge in [-0.2, -0.15) is 0 Å². The molecule has 0 spiro atoms. The van der Waals surface area contributed by atoms with Crippen molar-refractivity contribution in [3.63, 3.8) is 0 Å². The minimum Gasteiger partial charge on any atom is -0.391 e. The van der Waals surface area contributed by atoms with Crippen molar-refractivity contribution in [1.82, 2.24) is 0 Å². The van der Waals surface area contributed by atoms with Gasteiger partial charge in [0.15, 0.2) is 0 Å². The molecule has 0 rings (SSSR count).